The molecular weight excluding hydrogens is 534 g/mol. The molecule has 0 saturated carbocycles. The van der Waals surface area contributed by atoms with Crippen LogP contribution in [-0.4, -0.2) is 22.0 Å². The van der Waals surface area contributed by atoms with Crippen molar-refractivity contribution in [3.8, 4) is 5.75 Å². The van der Waals surface area contributed by atoms with E-state index in [1.807, 2.05) is 52.8 Å². The van der Waals surface area contributed by atoms with Crippen molar-refractivity contribution < 1.29 is 4.74 Å². The van der Waals surface area contributed by atoms with Crippen LogP contribution in [0, 0.1) is 0 Å². The minimum atomic E-state index is -0.384. The van der Waals surface area contributed by atoms with Crippen molar-refractivity contribution in [3.63, 3.8) is 0 Å². The van der Waals surface area contributed by atoms with E-state index in [0.717, 1.165) is 10.0 Å². The van der Waals surface area contributed by atoms with E-state index in [0.29, 0.717) is 32.0 Å². The zero-order valence-electron chi connectivity index (χ0n) is 17.3. The van der Waals surface area contributed by atoms with E-state index in [1.165, 1.54) is 4.68 Å². The Hall–Kier alpha value is -1.70. The number of benzene rings is 2. The smallest absolute Gasteiger partial charge is 0.282 e. The Morgan fingerprint density at radius 3 is 2.50 bits per heavy atom. The van der Waals surface area contributed by atoms with Gasteiger partial charge in [-0.15, -0.1) is 0 Å². The van der Waals surface area contributed by atoms with Crippen molar-refractivity contribution in [2.75, 3.05) is 0 Å². The summed E-state index contributed by atoms with van der Waals surface area (Å²) in [5.41, 5.74) is 0.752. The summed E-state index contributed by atoms with van der Waals surface area (Å²) in [5, 5.41) is 5.43. The molecule has 0 saturated heterocycles. The molecule has 0 spiro atoms. The Balaban J connectivity index is 2.14. The quantitative estimate of drug-likeness (QED) is 0.344. The summed E-state index contributed by atoms with van der Waals surface area (Å²) in [6.07, 6.45) is 1.59. The third-order valence-electron chi connectivity index (χ3n) is 4.18. The van der Waals surface area contributed by atoms with E-state index in [9.17, 15) is 4.79 Å². The van der Waals surface area contributed by atoms with Crippen LogP contribution in [0.15, 0.2) is 49.2 Å². The standard InChI is InChI=1S/C22H22Br2ClN3O2/c1-12(2)30-19-16(24)8-13(9-17(19)25)11-26-28-20(29)15-10-14(23)6-7-18(15)27-21(28)22(3,4)5/h6-12H,1-5H3. The van der Waals surface area contributed by atoms with Gasteiger partial charge in [-0.3, -0.25) is 4.79 Å². The third kappa shape index (κ3) is 4.95. The van der Waals surface area contributed by atoms with Crippen LogP contribution in [0.25, 0.3) is 10.9 Å². The lowest BCUT2D eigenvalue weighted by Gasteiger charge is -2.21. The van der Waals surface area contributed by atoms with Crippen LogP contribution in [0.2, 0.25) is 5.02 Å². The van der Waals surface area contributed by atoms with E-state index < -0.39 is 0 Å². The number of ether oxygens (including phenoxy) is 1. The second-order valence-electron chi connectivity index (χ2n) is 8.19. The number of hydrogen-bond donors (Lipinski definition) is 0. The highest BCUT2D eigenvalue weighted by Gasteiger charge is 2.23. The van der Waals surface area contributed by atoms with Gasteiger partial charge in [0.25, 0.3) is 5.56 Å². The zero-order valence-corrected chi connectivity index (χ0v) is 21.3. The molecular formula is C22H22Br2ClN3O2. The molecule has 1 heterocycles. The molecule has 5 nitrogen and oxygen atoms in total. The fraction of sp³-hybridized carbons (Fsp3) is 0.318. The highest BCUT2D eigenvalue weighted by Crippen LogP contribution is 2.35. The van der Waals surface area contributed by atoms with Crippen LogP contribution in [0.5, 0.6) is 5.75 Å². The maximum absolute atomic E-state index is 13.2. The summed E-state index contributed by atoms with van der Waals surface area (Å²) in [7, 11) is 0. The molecule has 0 fully saturated rings. The first-order chi connectivity index (χ1) is 14.0. The number of halogens is 3. The maximum atomic E-state index is 13.2. The highest BCUT2D eigenvalue weighted by atomic mass is 79.9. The van der Waals surface area contributed by atoms with E-state index in [2.05, 4.69) is 37.0 Å². The molecule has 3 aromatic rings. The van der Waals surface area contributed by atoms with Gasteiger partial charge in [0.05, 0.1) is 32.7 Å². The molecule has 0 radical (unpaired) electrons. The zero-order chi connectivity index (χ0) is 22.2. The molecule has 8 heteroatoms. The van der Waals surface area contributed by atoms with Crippen LogP contribution in [-0.2, 0) is 5.41 Å². The minimum Gasteiger partial charge on any atom is -0.488 e. The van der Waals surface area contributed by atoms with Crippen LogP contribution < -0.4 is 10.3 Å². The van der Waals surface area contributed by atoms with Crippen molar-refractivity contribution in [2.45, 2.75) is 46.1 Å². The summed E-state index contributed by atoms with van der Waals surface area (Å²) in [6.45, 7) is 9.86. The second-order valence-corrected chi connectivity index (χ2v) is 10.4. The second kappa shape index (κ2) is 8.81. The fourth-order valence-corrected chi connectivity index (χ4v) is 4.19. The van der Waals surface area contributed by atoms with Gasteiger partial charge in [-0.2, -0.15) is 9.78 Å². The predicted octanol–water partition coefficient (Wildman–Crippen LogP) is 6.54. The molecule has 0 atom stereocenters. The average Bonchev–Trinajstić information content (AvgIpc) is 2.63. The number of fused-ring (bicyclic) bond motifs is 1. The summed E-state index contributed by atoms with van der Waals surface area (Å²) in [4.78, 5) is 17.9. The molecule has 0 N–H and O–H groups in total. The minimum absolute atomic E-state index is 0.00534. The molecule has 2 aromatic carbocycles. The molecule has 30 heavy (non-hydrogen) atoms. The van der Waals surface area contributed by atoms with Crippen molar-refractivity contribution in [2.24, 2.45) is 5.10 Å². The summed E-state index contributed by atoms with van der Waals surface area (Å²) < 4.78 is 8.63. The molecule has 0 bridgehead atoms. The molecule has 158 valence electrons. The van der Waals surface area contributed by atoms with Crippen LogP contribution in [0.3, 0.4) is 0 Å². The van der Waals surface area contributed by atoms with Gasteiger partial charge in [0.1, 0.15) is 5.82 Å². The summed E-state index contributed by atoms with van der Waals surface area (Å²) in [5.74, 6) is 1.15. The third-order valence-corrected chi connectivity index (χ3v) is 5.54. The van der Waals surface area contributed by atoms with Crippen LogP contribution in [0.1, 0.15) is 46.0 Å². The Labute approximate surface area is 197 Å². The predicted molar refractivity (Wildman–Crippen MR) is 130 cm³/mol. The number of rotatable bonds is 4. The molecule has 1 aromatic heterocycles. The first-order valence-electron chi connectivity index (χ1n) is 9.40. The van der Waals surface area contributed by atoms with Gasteiger partial charge in [0.15, 0.2) is 5.75 Å². The van der Waals surface area contributed by atoms with Crippen LogP contribution in [0.4, 0.5) is 0 Å². The largest absolute Gasteiger partial charge is 0.488 e. The van der Waals surface area contributed by atoms with Crippen LogP contribution >= 0.6 is 43.5 Å². The topological polar surface area (TPSA) is 56.5 Å². The lowest BCUT2D eigenvalue weighted by Crippen LogP contribution is -2.29. The lowest BCUT2D eigenvalue weighted by atomic mass is 9.95. The Morgan fingerprint density at radius 2 is 1.90 bits per heavy atom. The van der Waals surface area contributed by atoms with Gasteiger partial charge in [-0.25, -0.2) is 4.98 Å². The lowest BCUT2D eigenvalue weighted by molar-refractivity contribution is 0.241. The van der Waals surface area contributed by atoms with Gasteiger partial charge in [0, 0.05) is 9.89 Å². The molecule has 3 rings (SSSR count). The summed E-state index contributed by atoms with van der Waals surface area (Å²) in [6, 6.07) is 9.05. The first kappa shape index (κ1) is 23.0. The normalized spacial score (nSPS) is 12.3. The highest BCUT2D eigenvalue weighted by molar-refractivity contribution is 9.10. The van der Waals surface area contributed by atoms with Gasteiger partial charge in [0.2, 0.25) is 0 Å². The SMILES string of the molecule is CC(C)Oc1c(Cl)cc(C=Nn2c(C(C)(C)C)nc3ccc(Br)cc3c2=O)cc1Br. The Morgan fingerprint density at radius 1 is 1.20 bits per heavy atom. The van der Waals surface area contributed by atoms with Gasteiger partial charge >= 0.3 is 0 Å². The average molecular weight is 556 g/mol. The molecule has 0 aliphatic carbocycles. The monoisotopic (exact) mass is 553 g/mol. The van der Waals surface area contributed by atoms with E-state index in [1.54, 1.807) is 18.3 Å². The molecule has 0 unspecified atom stereocenters. The number of aromatic nitrogens is 2. The van der Waals surface area contributed by atoms with Gasteiger partial charge < -0.3 is 4.74 Å². The van der Waals surface area contributed by atoms with Crippen molar-refractivity contribution >= 4 is 60.6 Å². The Kier molecular flexibility index (Phi) is 6.75. The van der Waals surface area contributed by atoms with Gasteiger partial charge in [-0.1, -0.05) is 48.3 Å². The van der Waals surface area contributed by atoms with Gasteiger partial charge in [-0.05, 0) is 65.7 Å². The van der Waals surface area contributed by atoms with E-state index >= 15 is 0 Å². The van der Waals surface area contributed by atoms with E-state index in [4.69, 9.17) is 21.3 Å². The maximum Gasteiger partial charge on any atom is 0.282 e. The number of hydrogen-bond acceptors (Lipinski definition) is 4. The van der Waals surface area contributed by atoms with Crippen molar-refractivity contribution in [3.05, 3.63) is 66.0 Å². The fourth-order valence-electron chi connectivity index (χ4n) is 2.87. The van der Waals surface area contributed by atoms with Crippen molar-refractivity contribution in [1.82, 2.24) is 9.66 Å². The molecule has 0 aliphatic heterocycles. The summed E-state index contributed by atoms with van der Waals surface area (Å²) >= 11 is 13.3. The van der Waals surface area contributed by atoms with E-state index in [-0.39, 0.29) is 17.1 Å². The first-order valence-corrected chi connectivity index (χ1v) is 11.4. The van der Waals surface area contributed by atoms with Crippen molar-refractivity contribution in [1.29, 1.82) is 0 Å². The molecule has 0 amide bonds. The molecule has 0 aliphatic rings. The Bertz CT molecular complexity index is 1170. The number of nitrogens with zero attached hydrogens (tertiary/aromatic N) is 3.